The van der Waals surface area contributed by atoms with Gasteiger partial charge >= 0.3 is 0 Å². The molecule has 3 aromatic carbocycles. The molecular formula is C40H39Cl2N3O7. The summed E-state index contributed by atoms with van der Waals surface area (Å²) in [4.78, 5) is 60.5. The maximum atomic E-state index is 15.4. The molecule has 8 rings (SSSR count). The molecule has 0 aromatic heterocycles. The molecule has 2 aliphatic heterocycles. The minimum absolute atomic E-state index is 0.121. The van der Waals surface area contributed by atoms with Crippen molar-refractivity contribution in [1.29, 1.82) is 0 Å². The highest BCUT2D eigenvalue weighted by Gasteiger charge is 2.71. The van der Waals surface area contributed by atoms with Gasteiger partial charge in [0.1, 0.15) is 17.2 Å². The van der Waals surface area contributed by atoms with E-state index in [1.807, 2.05) is 6.08 Å². The van der Waals surface area contributed by atoms with Crippen LogP contribution < -0.4 is 14.9 Å². The van der Waals surface area contributed by atoms with Crippen molar-refractivity contribution in [3.05, 3.63) is 93.5 Å². The molecule has 2 N–H and O–H groups in total. The number of anilines is 1. The highest BCUT2D eigenvalue weighted by atomic mass is 35.5. The van der Waals surface area contributed by atoms with E-state index < -0.39 is 46.8 Å². The topological polar surface area (TPSA) is 125 Å². The molecule has 4 fully saturated rings. The van der Waals surface area contributed by atoms with Crippen LogP contribution in [0.4, 0.5) is 5.69 Å². The molecule has 12 heteroatoms. The number of hydrogen-bond donors (Lipinski definition) is 2. The Morgan fingerprint density at radius 2 is 1.62 bits per heavy atom. The number of carbonyl (C=O) groups is 4. The Kier molecular flexibility index (Phi) is 8.73. The van der Waals surface area contributed by atoms with E-state index in [4.69, 9.17) is 32.7 Å². The number of ether oxygens (including phenoxy) is 2. The summed E-state index contributed by atoms with van der Waals surface area (Å²) >= 11 is 12.7. The van der Waals surface area contributed by atoms with E-state index in [1.54, 1.807) is 55.6 Å². The predicted molar refractivity (Wildman–Crippen MR) is 194 cm³/mol. The van der Waals surface area contributed by atoms with E-state index in [-0.39, 0.29) is 35.0 Å². The summed E-state index contributed by atoms with van der Waals surface area (Å²) in [5.74, 6) is -4.52. The fraction of sp³-hybridized carbons (Fsp3) is 0.400. The number of aromatic hydroxyl groups is 1. The third kappa shape index (κ3) is 5.05. The number of methoxy groups -OCH3 is 2. The molecule has 270 valence electrons. The maximum absolute atomic E-state index is 15.4. The lowest BCUT2D eigenvalue weighted by Gasteiger charge is -2.50. The number of benzene rings is 3. The Bertz CT molecular complexity index is 2010. The lowest BCUT2D eigenvalue weighted by molar-refractivity contribution is -0.144. The van der Waals surface area contributed by atoms with Gasteiger partial charge in [-0.2, -0.15) is 5.01 Å². The van der Waals surface area contributed by atoms with E-state index in [1.165, 1.54) is 24.1 Å². The maximum Gasteiger partial charge on any atom is 0.260 e. The van der Waals surface area contributed by atoms with Crippen molar-refractivity contribution < 1.29 is 33.8 Å². The second-order valence-corrected chi connectivity index (χ2v) is 15.3. The van der Waals surface area contributed by atoms with Gasteiger partial charge in [-0.3, -0.25) is 29.5 Å². The lowest BCUT2D eigenvalue weighted by Crippen LogP contribution is -2.53. The molecule has 10 nitrogen and oxygen atoms in total. The zero-order valence-corrected chi connectivity index (χ0v) is 30.3. The summed E-state index contributed by atoms with van der Waals surface area (Å²) < 4.78 is 11.3. The van der Waals surface area contributed by atoms with Crippen LogP contribution in [0.2, 0.25) is 10.0 Å². The Hall–Kier alpha value is -4.54. The fourth-order valence-electron chi connectivity index (χ4n) is 9.88. The lowest BCUT2D eigenvalue weighted by atomic mass is 9.49. The number of amides is 4. The van der Waals surface area contributed by atoms with Gasteiger partial charge in [0.05, 0.1) is 48.1 Å². The predicted octanol–water partition coefficient (Wildman–Crippen LogP) is 7.03. The zero-order chi connectivity index (χ0) is 36.5. The number of phenolic OH excluding ortho intramolecular Hbond substituents is 1. The van der Waals surface area contributed by atoms with Gasteiger partial charge < -0.3 is 14.6 Å². The summed E-state index contributed by atoms with van der Waals surface area (Å²) in [5.41, 5.74) is 3.25. The van der Waals surface area contributed by atoms with Crippen molar-refractivity contribution in [3.8, 4) is 17.2 Å². The van der Waals surface area contributed by atoms with Crippen LogP contribution in [0, 0.1) is 23.7 Å². The molecule has 2 saturated heterocycles. The van der Waals surface area contributed by atoms with E-state index in [0.717, 1.165) is 42.7 Å². The van der Waals surface area contributed by atoms with Crippen LogP contribution in [0.3, 0.4) is 0 Å². The molecule has 3 aliphatic carbocycles. The van der Waals surface area contributed by atoms with Crippen molar-refractivity contribution in [3.63, 3.8) is 0 Å². The molecule has 52 heavy (non-hydrogen) atoms. The van der Waals surface area contributed by atoms with Crippen molar-refractivity contribution in [2.24, 2.45) is 23.7 Å². The standard InChI is InChI=1S/C40H39Cl2N3O7/c1-51-24-14-11-21(12-15-24)40-28(37(48)45(39(40)50)43-30-18-13-22(41)19-29(30)42)20-27-25(35(40)34-31(46)9-6-10-32(34)52-2)16-17-26-33(27)38(49)44(36(26)47)23-7-4-3-5-8-23/h6,9-16,18-19,23,26-28,33,35,43,46H,3-5,7-8,17,20H2,1-2H3. The smallest absolute Gasteiger partial charge is 0.260 e. The van der Waals surface area contributed by atoms with Gasteiger partial charge in [0, 0.05) is 22.5 Å². The first kappa shape index (κ1) is 34.5. The zero-order valence-electron chi connectivity index (χ0n) is 28.8. The Morgan fingerprint density at radius 3 is 2.31 bits per heavy atom. The van der Waals surface area contributed by atoms with Crippen LogP contribution >= 0.6 is 23.2 Å². The first-order valence-corrected chi connectivity index (χ1v) is 18.5. The first-order valence-electron chi connectivity index (χ1n) is 17.8. The van der Waals surface area contributed by atoms with Gasteiger partial charge in [0.25, 0.3) is 11.8 Å². The summed E-state index contributed by atoms with van der Waals surface area (Å²) in [7, 11) is 3.03. The number of imide groups is 2. The molecule has 6 atom stereocenters. The second kappa shape index (κ2) is 13.1. The van der Waals surface area contributed by atoms with Gasteiger partial charge in [-0.05, 0) is 79.6 Å². The largest absolute Gasteiger partial charge is 0.508 e. The van der Waals surface area contributed by atoms with Crippen LogP contribution in [-0.4, -0.2) is 58.9 Å². The van der Waals surface area contributed by atoms with Gasteiger partial charge in [0.2, 0.25) is 11.8 Å². The molecule has 2 heterocycles. The number of allylic oxidation sites excluding steroid dienone is 2. The highest BCUT2D eigenvalue weighted by molar-refractivity contribution is 6.36. The monoisotopic (exact) mass is 743 g/mol. The molecule has 4 amide bonds. The normalized spacial score (nSPS) is 28.7. The molecule has 6 unspecified atom stereocenters. The van der Waals surface area contributed by atoms with Crippen molar-refractivity contribution in [2.45, 2.75) is 62.3 Å². The number of likely N-dealkylation sites (tertiary alicyclic amines) is 1. The van der Waals surface area contributed by atoms with Crippen molar-refractivity contribution in [1.82, 2.24) is 9.91 Å². The van der Waals surface area contributed by atoms with Crippen molar-refractivity contribution in [2.75, 3.05) is 19.6 Å². The Labute approximate surface area is 311 Å². The van der Waals surface area contributed by atoms with Crippen LogP contribution in [0.25, 0.3) is 0 Å². The molecule has 3 aromatic rings. The van der Waals surface area contributed by atoms with E-state index in [0.29, 0.717) is 39.8 Å². The minimum Gasteiger partial charge on any atom is -0.508 e. The average molecular weight is 745 g/mol. The van der Waals surface area contributed by atoms with Crippen LogP contribution in [0.5, 0.6) is 17.2 Å². The van der Waals surface area contributed by atoms with E-state index in [2.05, 4.69) is 5.43 Å². The molecular weight excluding hydrogens is 705 g/mol. The van der Waals surface area contributed by atoms with Gasteiger partial charge in [-0.15, -0.1) is 0 Å². The van der Waals surface area contributed by atoms with Crippen LogP contribution in [-0.2, 0) is 24.6 Å². The number of halogens is 2. The quantitative estimate of drug-likeness (QED) is 0.195. The Balaban J connectivity index is 1.34. The number of hydrazine groups is 1. The van der Waals surface area contributed by atoms with Gasteiger partial charge in [-0.1, -0.05) is 72.3 Å². The van der Waals surface area contributed by atoms with Crippen LogP contribution in [0.15, 0.2) is 72.3 Å². The first-order chi connectivity index (χ1) is 25.1. The SMILES string of the molecule is COc1ccc(C23C(=O)N(Nc4ccc(Cl)cc4Cl)C(=O)C2CC2C(=CCC4C(=O)N(C5CCCCC5)C(=O)C42)C3c2c(O)cccc2OC)cc1. The minimum atomic E-state index is -1.62. The number of rotatable bonds is 7. The summed E-state index contributed by atoms with van der Waals surface area (Å²) in [6, 6.07) is 16.5. The number of carbonyl (C=O) groups excluding carboxylic acids is 4. The fourth-order valence-corrected chi connectivity index (χ4v) is 10.3. The summed E-state index contributed by atoms with van der Waals surface area (Å²) in [6.45, 7) is 0. The van der Waals surface area contributed by atoms with Crippen LogP contribution in [0.1, 0.15) is 62.0 Å². The third-order valence-electron chi connectivity index (χ3n) is 12.1. The molecule has 0 spiro atoms. The number of phenols is 1. The molecule has 2 saturated carbocycles. The second-order valence-electron chi connectivity index (χ2n) is 14.4. The molecule has 0 bridgehead atoms. The molecule has 0 radical (unpaired) electrons. The van der Waals surface area contributed by atoms with Gasteiger partial charge in [0.15, 0.2) is 0 Å². The van der Waals surface area contributed by atoms with Crippen molar-refractivity contribution >= 4 is 52.5 Å². The summed E-state index contributed by atoms with van der Waals surface area (Å²) in [5, 5.41) is 13.3. The number of nitrogens with zero attached hydrogens (tertiary/aromatic N) is 2. The number of hydrogen-bond acceptors (Lipinski definition) is 8. The van der Waals surface area contributed by atoms with E-state index in [9.17, 15) is 19.5 Å². The number of nitrogens with one attached hydrogen (secondary N) is 1. The molecule has 5 aliphatic rings. The number of fused-ring (bicyclic) bond motifs is 4. The van der Waals surface area contributed by atoms with E-state index >= 15 is 4.79 Å². The third-order valence-corrected chi connectivity index (χ3v) is 12.7. The Morgan fingerprint density at radius 1 is 0.865 bits per heavy atom. The van der Waals surface area contributed by atoms with Gasteiger partial charge in [-0.25, -0.2) is 0 Å². The average Bonchev–Trinajstić information content (AvgIpc) is 3.53. The highest BCUT2D eigenvalue weighted by Crippen LogP contribution is 2.66. The summed E-state index contributed by atoms with van der Waals surface area (Å²) in [6.07, 6.45) is 6.96.